The first-order valence-corrected chi connectivity index (χ1v) is 8.60. The molecule has 5 rings (SSSR count). The van der Waals surface area contributed by atoms with Crippen LogP contribution < -0.4 is 10.6 Å². The Bertz CT molecular complexity index is 1020. The third kappa shape index (κ3) is 2.28. The third-order valence-electron chi connectivity index (χ3n) is 5.19. The van der Waals surface area contributed by atoms with Crippen LogP contribution in [0.15, 0.2) is 30.5 Å². The summed E-state index contributed by atoms with van der Waals surface area (Å²) in [6.45, 7) is 4.16. The van der Waals surface area contributed by atoms with Crippen molar-refractivity contribution < 1.29 is 4.79 Å². The van der Waals surface area contributed by atoms with Crippen LogP contribution in [0.4, 0.5) is 5.95 Å². The van der Waals surface area contributed by atoms with Crippen molar-refractivity contribution in [3.05, 3.63) is 41.7 Å². The predicted molar refractivity (Wildman–Crippen MR) is 96.5 cm³/mol. The van der Waals surface area contributed by atoms with Crippen LogP contribution in [-0.2, 0) is 0 Å². The van der Waals surface area contributed by atoms with Crippen molar-refractivity contribution in [1.29, 1.82) is 0 Å². The van der Waals surface area contributed by atoms with Crippen molar-refractivity contribution in [2.24, 2.45) is 0 Å². The molecule has 126 valence electrons. The summed E-state index contributed by atoms with van der Waals surface area (Å²) in [7, 11) is 0. The molecule has 1 aromatic carbocycles. The molecular weight excluding hydrogens is 314 g/mol. The zero-order chi connectivity index (χ0) is 17.2. The van der Waals surface area contributed by atoms with Gasteiger partial charge in [0, 0.05) is 28.4 Å². The quantitative estimate of drug-likeness (QED) is 0.686. The minimum Gasteiger partial charge on any atom is -0.356 e. The average molecular weight is 333 g/mol. The summed E-state index contributed by atoms with van der Waals surface area (Å²) in [4.78, 5) is 24.6. The van der Waals surface area contributed by atoms with E-state index in [4.69, 9.17) is 4.98 Å². The highest BCUT2D eigenvalue weighted by molar-refractivity contribution is 6.01. The fourth-order valence-electron chi connectivity index (χ4n) is 3.41. The van der Waals surface area contributed by atoms with Crippen molar-refractivity contribution in [2.75, 3.05) is 5.32 Å². The van der Waals surface area contributed by atoms with E-state index in [0.29, 0.717) is 5.95 Å². The lowest BCUT2D eigenvalue weighted by Crippen LogP contribution is -2.18. The van der Waals surface area contributed by atoms with Gasteiger partial charge in [-0.15, -0.1) is 0 Å². The molecule has 3 aromatic rings. The number of nitrogens with one attached hydrogen (secondary N) is 3. The second-order valence-electron chi connectivity index (χ2n) is 7.33. The second kappa shape index (κ2) is 4.81. The summed E-state index contributed by atoms with van der Waals surface area (Å²) >= 11 is 0. The molecule has 0 radical (unpaired) electrons. The Balaban J connectivity index is 1.63. The first-order valence-electron chi connectivity index (χ1n) is 8.60. The number of rotatable bonds is 3. The van der Waals surface area contributed by atoms with Crippen LogP contribution in [0, 0.1) is 0 Å². The number of aromatic amines is 1. The molecule has 1 fully saturated rings. The highest BCUT2D eigenvalue weighted by atomic mass is 16.2. The van der Waals surface area contributed by atoms with Crippen LogP contribution in [0.3, 0.4) is 0 Å². The number of nitrogens with zero attached hydrogens (tertiary/aromatic N) is 2. The Kier molecular flexibility index (Phi) is 2.78. The lowest BCUT2D eigenvalue weighted by molar-refractivity contribution is 0.0958. The van der Waals surface area contributed by atoms with E-state index < -0.39 is 0 Å². The fourth-order valence-corrected chi connectivity index (χ4v) is 3.41. The Morgan fingerprint density at radius 3 is 2.88 bits per heavy atom. The average Bonchev–Trinajstić information content (AvgIpc) is 3.05. The number of hydrogen-bond acceptors (Lipinski definition) is 4. The SMILES string of the molecule is C[C@H]1NC(=O)c2cc(-c3cccc4cnc(NC5(C)CC5)nc34)[nH]c21. The molecule has 1 atom stereocenters. The number of carbonyl (C=O) groups excluding carboxylic acids is 1. The van der Waals surface area contributed by atoms with Crippen molar-refractivity contribution in [3.8, 4) is 11.3 Å². The van der Waals surface area contributed by atoms with Crippen LogP contribution in [0.5, 0.6) is 0 Å². The van der Waals surface area contributed by atoms with Gasteiger partial charge < -0.3 is 15.6 Å². The minimum absolute atomic E-state index is 0.00731. The molecule has 1 aliphatic carbocycles. The summed E-state index contributed by atoms with van der Waals surface area (Å²) in [5.41, 5.74) is 4.58. The molecule has 3 N–H and O–H groups in total. The largest absolute Gasteiger partial charge is 0.356 e. The maximum atomic E-state index is 12.0. The molecule has 1 saturated carbocycles. The van der Waals surface area contributed by atoms with Crippen molar-refractivity contribution >= 4 is 22.8 Å². The molecule has 1 amide bonds. The molecule has 0 spiro atoms. The minimum atomic E-state index is -0.0242. The smallest absolute Gasteiger partial charge is 0.253 e. The summed E-state index contributed by atoms with van der Waals surface area (Å²) < 4.78 is 0. The molecule has 25 heavy (non-hydrogen) atoms. The number of aromatic nitrogens is 3. The molecule has 1 aliphatic heterocycles. The number of anilines is 1. The molecule has 3 heterocycles. The second-order valence-corrected chi connectivity index (χ2v) is 7.33. The molecule has 0 unspecified atom stereocenters. The van der Waals surface area contributed by atoms with E-state index in [1.807, 2.05) is 37.4 Å². The fraction of sp³-hybridized carbons (Fsp3) is 0.316. The van der Waals surface area contributed by atoms with E-state index in [1.54, 1.807) is 0 Å². The topological polar surface area (TPSA) is 82.7 Å². The van der Waals surface area contributed by atoms with Gasteiger partial charge in [-0.1, -0.05) is 18.2 Å². The van der Waals surface area contributed by atoms with Crippen molar-refractivity contribution in [2.45, 2.75) is 38.3 Å². The molecular formula is C19H19N5O. The van der Waals surface area contributed by atoms with Gasteiger partial charge in [0.25, 0.3) is 5.91 Å². The number of hydrogen-bond donors (Lipinski definition) is 3. The van der Waals surface area contributed by atoms with Crippen molar-refractivity contribution in [1.82, 2.24) is 20.3 Å². The first kappa shape index (κ1) is 14.5. The zero-order valence-corrected chi connectivity index (χ0v) is 14.2. The standard InChI is InChI=1S/C19H19N5O/c1-10-15-13(17(25)21-10)8-14(22-15)12-5-3-4-11-9-20-18(23-16(11)12)24-19(2)6-7-19/h3-5,8-10,22H,6-7H2,1-2H3,(H,21,25)(H,20,23,24)/t10-/m1/s1. The van der Waals surface area contributed by atoms with Gasteiger partial charge in [-0.05, 0) is 32.8 Å². The van der Waals surface area contributed by atoms with Crippen LogP contribution >= 0.6 is 0 Å². The van der Waals surface area contributed by atoms with Gasteiger partial charge in [-0.3, -0.25) is 4.79 Å². The van der Waals surface area contributed by atoms with Gasteiger partial charge >= 0.3 is 0 Å². The van der Waals surface area contributed by atoms with E-state index in [2.05, 4.69) is 27.5 Å². The maximum Gasteiger partial charge on any atom is 0.253 e. The van der Waals surface area contributed by atoms with E-state index in [1.165, 1.54) is 0 Å². The van der Waals surface area contributed by atoms with Gasteiger partial charge in [-0.2, -0.15) is 0 Å². The molecule has 2 aromatic heterocycles. The number of carbonyl (C=O) groups is 1. The summed E-state index contributed by atoms with van der Waals surface area (Å²) in [5.74, 6) is 0.633. The predicted octanol–water partition coefficient (Wildman–Crippen LogP) is 3.39. The van der Waals surface area contributed by atoms with Gasteiger partial charge in [0.2, 0.25) is 5.95 Å². The molecule has 2 aliphatic rings. The normalized spacial score (nSPS) is 20.4. The molecule has 0 saturated heterocycles. The molecule has 6 heteroatoms. The van der Waals surface area contributed by atoms with Gasteiger partial charge in [0.15, 0.2) is 0 Å². The van der Waals surface area contributed by atoms with E-state index >= 15 is 0 Å². The van der Waals surface area contributed by atoms with Crippen LogP contribution in [0.2, 0.25) is 0 Å². The number of benzene rings is 1. The highest BCUT2D eigenvalue weighted by Gasteiger charge is 2.37. The Morgan fingerprint density at radius 1 is 1.28 bits per heavy atom. The monoisotopic (exact) mass is 333 g/mol. The third-order valence-corrected chi connectivity index (χ3v) is 5.19. The Morgan fingerprint density at radius 2 is 2.12 bits per heavy atom. The Labute approximate surface area is 145 Å². The number of fused-ring (bicyclic) bond motifs is 2. The summed E-state index contributed by atoms with van der Waals surface area (Å²) in [6.07, 6.45) is 4.14. The van der Waals surface area contributed by atoms with Crippen LogP contribution in [0.1, 0.15) is 48.8 Å². The zero-order valence-electron chi connectivity index (χ0n) is 14.2. The highest BCUT2D eigenvalue weighted by Crippen LogP contribution is 2.38. The Hall–Kier alpha value is -2.89. The van der Waals surface area contributed by atoms with Crippen molar-refractivity contribution in [3.63, 3.8) is 0 Å². The maximum absolute atomic E-state index is 12.0. The van der Waals surface area contributed by atoms with Gasteiger partial charge in [0.05, 0.1) is 22.8 Å². The molecule has 0 bridgehead atoms. The number of para-hydroxylation sites is 1. The van der Waals surface area contributed by atoms with Crippen LogP contribution in [0.25, 0.3) is 22.2 Å². The summed E-state index contributed by atoms with van der Waals surface area (Å²) in [5, 5.41) is 7.32. The summed E-state index contributed by atoms with van der Waals surface area (Å²) in [6, 6.07) is 7.95. The molecule has 6 nitrogen and oxygen atoms in total. The number of H-pyrrole nitrogens is 1. The van der Waals surface area contributed by atoms with E-state index in [9.17, 15) is 4.79 Å². The first-order chi connectivity index (χ1) is 12.0. The number of amides is 1. The van der Waals surface area contributed by atoms with E-state index in [-0.39, 0.29) is 17.5 Å². The van der Waals surface area contributed by atoms with Gasteiger partial charge in [0.1, 0.15) is 0 Å². The van der Waals surface area contributed by atoms with E-state index in [0.717, 1.165) is 46.3 Å². The van der Waals surface area contributed by atoms with Gasteiger partial charge in [-0.25, -0.2) is 9.97 Å². The van der Waals surface area contributed by atoms with Crippen LogP contribution in [-0.4, -0.2) is 26.4 Å². The lowest BCUT2D eigenvalue weighted by atomic mass is 10.1. The lowest BCUT2D eigenvalue weighted by Gasteiger charge is -2.12.